The van der Waals surface area contributed by atoms with E-state index < -0.39 is 0 Å². The maximum absolute atomic E-state index is 13.0. The summed E-state index contributed by atoms with van der Waals surface area (Å²) in [5.41, 5.74) is 1.70. The Morgan fingerprint density at radius 1 is 1.12 bits per heavy atom. The number of methoxy groups -OCH3 is 1. The van der Waals surface area contributed by atoms with Crippen LogP contribution in [0.3, 0.4) is 0 Å². The Hall–Kier alpha value is -2.88. The minimum Gasteiger partial charge on any atom is -0.496 e. The average molecular weight is 346 g/mol. The highest BCUT2D eigenvalue weighted by Crippen LogP contribution is 2.29. The molecule has 1 aliphatic rings. The van der Waals surface area contributed by atoms with Gasteiger partial charge in [-0.3, -0.25) is 9.78 Å². The van der Waals surface area contributed by atoms with Crippen molar-refractivity contribution in [2.24, 2.45) is 0 Å². The molecule has 1 amide bonds. The molecule has 26 heavy (non-hydrogen) atoms. The van der Waals surface area contributed by atoms with Crippen LogP contribution in [0, 0.1) is 0 Å². The van der Waals surface area contributed by atoms with E-state index in [2.05, 4.69) is 23.2 Å². The van der Waals surface area contributed by atoms with Crippen molar-refractivity contribution in [1.29, 1.82) is 0 Å². The first-order chi connectivity index (χ1) is 12.8. The van der Waals surface area contributed by atoms with Crippen molar-refractivity contribution in [3.8, 4) is 5.75 Å². The predicted octanol–water partition coefficient (Wildman–Crippen LogP) is 4.26. The summed E-state index contributed by atoms with van der Waals surface area (Å²) < 4.78 is 5.36. The Morgan fingerprint density at radius 2 is 1.88 bits per heavy atom. The normalized spacial score (nSPS) is 17.3. The zero-order valence-corrected chi connectivity index (χ0v) is 14.9. The first kappa shape index (κ1) is 16.6. The number of rotatable bonds is 3. The van der Waals surface area contributed by atoms with Crippen LogP contribution in [0.25, 0.3) is 10.8 Å². The van der Waals surface area contributed by atoms with Crippen LogP contribution in [-0.4, -0.2) is 36.0 Å². The van der Waals surface area contributed by atoms with Gasteiger partial charge in [-0.1, -0.05) is 36.4 Å². The number of hydrogen-bond acceptors (Lipinski definition) is 3. The fraction of sp³-hybridized carbons (Fsp3) is 0.273. The minimum atomic E-state index is 0.0351. The highest BCUT2D eigenvalue weighted by molar-refractivity contribution is 5.97. The van der Waals surface area contributed by atoms with E-state index in [1.54, 1.807) is 7.11 Å². The second-order valence-corrected chi connectivity index (χ2v) is 6.75. The quantitative estimate of drug-likeness (QED) is 0.711. The fourth-order valence-corrected chi connectivity index (χ4v) is 3.72. The van der Waals surface area contributed by atoms with Gasteiger partial charge in [-0.05, 0) is 36.4 Å². The molecule has 0 saturated carbocycles. The Kier molecular flexibility index (Phi) is 4.57. The highest BCUT2D eigenvalue weighted by atomic mass is 16.5. The number of ether oxygens (including phenoxy) is 1. The Morgan fingerprint density at radius 3 is 2.73 bits per heavy atom. The van der Waals surface area contributed by atoms with Crippen LogP contribution in [0.4, 0.5) is 0 Å². The van der Waals surface area contributed by atoms with E-state index in [4.69, 9.17) is 4.74 Å². The molecule has 1 aromatic heterocycles. The zero-order chi connectivity index (χ0) is 17.9. The van der Waals surface area contributed by atoms with Gasteiger partial charge >= 0.3 is 0 Å². The molecule has 1 saturated heterocycles. The Bertz CT molecular complexity index is 938. The Balaban J connectivity index is 1.57. The number of amides is 1. The Labute approximate surface area is 153 Å². The second-order valence-electron chi connectivity index (χ2n) is 6.75. The van der Waals surface area contributed by atoms with E-state index in [1.807, 2.05) is 47.5 Å². The molecule has 2 heterocycles. The van der Waals surface area contributed by atoms with Gasteiger partial charge in [0.25, 0.3) is 5.91 Å². The summed E-state index contributed by atoms with van der Waals surface area (Å²) in [4.78, 5) is 19.6. The number of carbonyl (C=O) groups is 1. The van der Waals surface area contributed by atoms with E-state index in [-0.39, 0.29) is 11.8 Å². The third-order valence-electron chi connectivity index (χ3n) is 5.12. The maximum atomic E-state index is 13.0. The summed E-state index contributed by atoms with van der Waals surface area (Å²) in [6.07, 6.45) is 3.98. The lowest BCUT2D eigenvalue weighted by atomic mass is 9.93. The van der Waals surface area contributed by atoms with Crippen LogP contribution in [-0.2, 0) is 0 Å². The van der Waals surface area contributed by atoms with Gasteiger partial charge in [0.2, 0.25) is 0 Å². The van der Waals surface area contributed by atoms with Gasteiger partial charge in [0.1, 0.15) is 5.75 Å². The molecule has 0 radical (unpaired) electrons. The molecule has 0 N–H and O–H groups in total. The number of piperidine rings is 1. The molecule has 1 aliphatic heterocycles. The van der Waals surface area contributed by atoms with Gasteiger partial charge in [0.05, 0.1) is 12.7 Å². The second kappa shape index (κ2) is 7.16. The first-order valence-corrected chi connectivity index (χ1v) is 9.03. The van der Waals surface area contributed by atoms with Gasteiger partial charge in [-0.15, -0.1) is 0 Å². The van der Waals surface area contributed by atoms with Gasteiger partial charge in [0, 0.05) is 36.3 Å². The van der Waals surface area contributed by atoms with Gasteiger partial charge in [-0.25, -0.2) is 0 Å². The van der Waals surface area contributed by atoms with Crippen LogP contribution in [0.5, 0.6) is 5.75 Å². The van der Waals surface area contributed by atoms with E-state index >= 15 is 0 Å². The van der Waals surface area contributed by atoms with Gasteiger partial charge < -0.3 is 9.64 Å². The SMILES string of the molecule is COc1ccccc1C(=O)N1CCC[C@H](c2cc3ccccc3cn2)C1. The molecule has 1 fully saturated rings. The number of hydrogen-bond donors (Lipinski definition) is 0. The topological polar surface area (TPSA) is 42.4 Å². The molecule has 2 aromatic carbocycles. The number of aromatic nitrogens is 1. The number of benzene rings is 2. The van der Waals surface area contributed by atoms with Crippen LogP contribution in [0.1, 0.15) is 34.8 Å². The molecular weight excluding hydrogens is 324 g/mol. The summed E-state index contributed by atoms with van der Waals surface area (Å²) in [5.74, 6) is 0.934. The fourth-order valence-electron chi connectivity index (χ4n) is 3.72. The number of likely N-dealkylation sites (tertiary alicyclic amines) is 1. The molecular formula is C22H22N2O2. The van der Waals surface area contributed by atoms with E-state index in [1.165, 1.54) is 5.39 Å². The van der Waals surface area contributed by atoms with E-state index in [0.29, 0.717) is 17.9 Å². The van der Waals surface area contributed by atoms with E-state index in [0.717, 1.165) is 30.5 Å². The van der Waals surface area contributed by atoms with Crippen molar-refractivity contribution in [2.75, 3.05) is 20.2 Å². The van der Waals surface area contributed by atoms with Gasteiger partial charge in [0.15, 0.2) is 0 Å². The smallest absolute Gasteiger partial charge is 0.257 e. The molecule has 4 rings (SSSR count). The van der Waals surface area contributed by atoms with E-state index in [9.17, 15) is 4.79 Å². The molecule has 0 aliphatic carbocycles. The third-order valence-corrected chi connectivity index (χ3v) is 5.12. The number of fused-ring (bicyclic) bond motifs is 1. The molecule has 4 heteroatoms. The molecule has 0 unspecified atom stereocenters. The standard InChI is InChI=1S/C22H22N2O2/c1-26-21-11-5-4-10-19(21)22(25)24-12-6-9-18(15-24)20-13-16-7-2-3-8-17(16)14-23-20/h2-5,7-8,10-11,13-14,18H,6,9,12,15H2,1H3/t18-/m0/s1. The van der Waals surface area contributed by atoms with Crippen molar-refractivity contribution >= 4 is 16.7 Å². The molecule has 3 aromatic rings. The number of nitrogens with zero attached hydrogens (tertiary/aromatic N) is 2. The van der Waals surface area contributed by atoms with Crippen molar-refractivity contribution in [2.45, 2.75) is 18.8 Å². The first-order valence-electron chi connectivity index (χ1n) is 9.03. The molecule has 0 spiro atoms. The largest absolute Gasteiger partial charge is 0.496 e. The van der Waals surface area contributed by atoms with Crippen LogP contribution in [0.2, 0.25) is 0 Å². The third kappa shape index (κ3) is 3.15. The monoisotopic (exact) mass is 346 g/mol. The summed E-state index contributed by atoms with van der Waals surface area (Å²) in [6.45, 7) is 1.48. The number of para-hydroxylation sites is 1. The number of carbonyl (C=O) groups excluding carboxylic acids is 1. The highest BCUT2D eigenvalue weighted by Gasteiger charge is 2.27. The maximum Gasteiger partial charge on any atom is 0.257 e. The van der Waals surface area contributed by atoms with Crippen molar-refractivity contribution in [3.63, 3.8) is 0 Å². The average Bonchev–Trinajstić information content (AvgIpc) is 2.73. The minimum absolute atomic E-state index is 0.0351. The van der Waals surface area contributed by atoms with Crippen LogP contribution in [0.15, 0.2) is 60.8 Å². The lowest BCUT2D eigenvalue weighted by Gasteiger charge is -2.33. The van der Waals surface area contributed by atoms with Crippen molar-refractivity contribution in [3.05, 3.63) is 72.1 Å². The summed E-state index contributed by atoms with van der Waals surface area (Å²) in [5, 5.41) is 2.35. The predicted molar refractivity (Wildman–Crippen MR) is 103 cm³/mol. The molecule has 1 atom stereocenters. The lowest BCUT2D eigenvalue weighted by molar-refractivity contribution is 0.0702. The van der Waals surface area contributed by atoms with Gasteiger partial charge in [-0.2, -0.15) is 0 Å². The number of pyridine rings is 1. The molecule has 4 nitrogen and oxygen atoms in total. The lowest BCUT2D eigenvalue weighted by Crippen LogP contribution is -2.39. The summed E-state index contributed by atoms with van der Waals surface area (Å²) >= 11 is 0. The van der Waals surface area contributed by atoms with Crippen LogP contribution >= 0.6 is 0 Å². The molecule has 132 valence electrons. The summed E-state index contributed by atoms with van der Waals surface area (Å²) in [7, 11) is 1.60. The van der Waals surface area contributed by atoms with Crippen LogP contribution < -0.4 is 4.74 Å². The molecule has 0 bridgehead atoms. The van der Waals surface area contributed by atoms with Crippen molar-refractivity contribution in [1.82, 2.24) is 9.88 Å². The van der Waals surface area contributed by atoms with Crippen molar-refractivity contribution < 1.29 is 9.53 Å². The zero-order valence-electron chi connectivity index (χ0n) is 14.9. The summed E-state index contributed by atoms with van der Waals surface area (Å²) in [6, 6.07) is 17.8.